The molecule has 0 saturated carbocycles. The molecule has 0 heterocycles. The predicted molar refractivity (Wildman–Crippen MR) is 85.3 cm³/mol. The first-order valence-corrected chi connectivity index (χ1v) is 9.23. The molecule has 0 saturated heterocycles. The number of carboxylic acids is 1. The third-order valence-corrected chi connectivity index (χ3v) is 5.64. The lowest BCUT2D eigenvalue weighted by atomic mass is 10.0. The number of sulfone groups is 1. The Morgan fingerprint density at radius 2 is 1.65 bits per heavy atom. The Kier molecular flexibility index (Phi) is 4.98. The molecular formula is C15H14O6S2. The largest absolute Gasteiger partial charge is 0.480 e. The molecule has 23 heavy (non-hydrogen) atoms. The summed E-state index contributed by atoms with van der Waals surface area (Å²) in [6.45, 7) is 1.59. The summed E-state index contributed by atoms with van der Waals surface area (Å²) in [5, 5.41) is 8.74. The molecule has 2 N–H and O–H groups in total. The van der Waals surface area contributed by atoms with E-state index < -0.39 is 32.6 Å². The molecule has 0 radical (unpaired) electrons. The van der Waals surface area contributed by atoms with E-state index >= 15 is 0 Å². The Morgan fingerprint density at radius 3 is 2.17 bits per heavy atom. The molecule has 0 aliphatic rings. The van der Waals surface area contributed by atoms with Gasteiger partial charge in [0.2, 0.25) is 0 Å². The van der Waals surface area contributed by atoms with Gasteiger partial charge in [-0.1, -0.05) is 24.3 Å². The van der Waals surface area contributed by atoms with Gasteiger partial charge in [0.05, 0.1) is 9.79 Å². The number of carboxylic acid groups (broad SMARTS) is 1. The molecule has 0 aliphatic heterocycles. The summed E-state index contributed by atoms with van der Waals surface area (Å²) in [5.74, 6) is -2.38. The second kappa shape index (κ2) is 6.61. The summed E-state index contributed by atoms with van der Waals surface area (Å²) in [6, 6.07) is 10.9. The van der Waals surface area contributed by atoms with E-state index in [-0.39, 0.29) is 9.79 Å². The Labute approximate surface area is 136 Å². The number of rotatable bonds is 5. The van der Waals surface area contributed by atoms with Crippen molar-refractivity contribution in [3.8, 4) is 11.1 Å². The van der Waals surface area contributed by atoms with Gasteiger partial charge in [-0.2, -0.15) is 0 Å². The van der Waals surface area contributed by atoms with Crippen molar-refractivity contribution in [1.82, 2.24) is 0 Å². The second-order valence-electron chi connectivity index (χ2n) is 4.91. The van der Waals surface area contributed by atoms with E-state index in [0.717, 1.165) is 0 Å². The Hall–Kier alpha value is -2.03. The molecule has 0 amide bonds. The summed E-state index contributed by atoms with van der Waals surface area (Å²) in [7, 11) is -3.93. The minimum Gasteiger partial charge on any atom is -0.480 e. The van der Waals surface area contributed by atoms with E-state index in [1.54, 1.807) is 31.2 Å². The van der Waals surface area contributed by atoms with E-state index in [4.69, 9.17) is 9.66 Å². The van der Waals surface area contributed by atoms with Crippen molar-refractivity contribution in [2.45, 2.75) is 16.7 Å². The van der Waals surface area contributed by atoms with Gasteiger partial charge in [-0.15, -0.1) is 0 Å². The predicted octanol–water partition coefficient (Wildman–Crippen LogP) is 2.10. The van der Waals surface area contributed by atoms with E-state index in [1.807, 2.05) is 0 Å². The van der Waals surface area contributed by atoms with Crippen molar-refractivity contribution in [3.63, 3.8) is 0 Å². The van der Waals surface area contributed by atoms with Gasteiger partial charge in [-0.05, 0) is 41.8 Å². The summed E-state index contributed by atoms with van der Waals surface area (Å²) >= 11 is -2.08. The standard InChI is InChI=1S/C15H14O6S2/c1-10-2-3-12(8-14(10)23(20,21)9-15(16)17)11-4-6-13(7-5-11)22(18)19/h2-8H,9H2,1H3,(H,16,17)(H,18,19). The van der Waals surface area contributed by atoms with Crippen LogP contribution in [0.1, 0.15) is 5.56 Å². The molecule has 0 spiro atoms. The number of aliphatic carboxylic acids is 1. The monoisotopic (exact) mass is 354 g/mol. The van der Waals surface area contributed by atoms with Gasteiger partial charge in [0, 0.05) is 0 Å². The van der Waals surface area contributed by atoms with Crippen molar-refractivity contribution in [3.05, 3.63) is 48.0 Å². The normalized spacial score (nSPS) is 12.8. The van der Waals surface area contributed by atoms with Gasteiger partial charge in [-0.25, -0.2) is 12.6 Å². The highest BCUT2D eigenvalue weighted by Crippen LogP contribution is 2.26. The maximum Gasteiger partial charge on any atom is 0.319 e. The van der Waals surface area contributed by atoms with E-state index in [9.17, 15) is 17.4 Å². The van der Waals surface area contributed by atoms with E-state index in [2.05, 4.69) is 0 Å². The fraction of sp³-hybridized carbons (Fsp3) is 0.133. The summed E-state index contributed by atoms with van der Waals surface area (Å²) in [6.07, 6.45) is 0. The maximum absolute atomic E-state index is 12.1. The van der Waals surface area contributed by atoms with Crippen molar-refractivity contribution in [1.29, 1.82) is 0 Å². The first-order valence-electron chi connectivity index (χ1n) is 6.47. The Bertz CT molecular complexity index is 869. The SMILES string of the molecule is Cc1ccc(-c2ccc(S(=O)O)cc2)cc1S(=O)(=O)CC(=O)O. The second-order valence-corrected chi connectivity index (χ2v) is 7.83. The van der Waals surface area contributed by atoms with Crippen LogP contribution in [0.5, 0.6) is 0 Å². The zero-order valence-corrected chi connectivity index (χ0v) is 13.7. The van der Waals surface area contributed by atoms with Crippen LogP contribution in [0.2, 0.25) is 0 Å². The quantitative estimate of drug-likeness (QED) is 0.796. The van der Waals surface area contributed by atoms with Gasteiger partial charge in [0.25, 0.3) is 0 Å². The smallest absolute Gasteiger partial charge is 0.319 e. The van der Waals surface area contributed by atoms with Gasteiger partial charge in [0.1, 0.15) is 0 Å². The highest BCUT2D eigenvalue weighted by atomic mass is 32.2. The van der Waals surface area contributed by atoms with Crippen molar-refractivity contribution >= 4 is 26.9 Å². The third-order valence-electron chi connectivity index (χ3n) is 3.23. The first kappa shape index (κ1) is 17.3. The fourth-order valence-corrected chi connectivity index (χ4v) is 3.83. The topological polar surface area (TPSA) is 109 Å². The van der Waals surface area contributed by atoms with Crippen molar-refractivity contribution in [2.24, 2.45) is 0 Å². The van der Waals surface area contributed by atoms with Crippen LogP contribution in [-0.2, 0) is 25.7 Å². The van der Waals surface area contributed by atoms with Crippen molar-refractivity contribution in [2.75, 3.05) is 5.75 Å². The Balaban J connectivity index is 2.48. The third kappa shape index (κ3) is 4.04. The average Bonchev–Trinajstić information content (AvgIpc) is 2.46. The highest BCUT2D eigenvalue weighted by molar-refractivity contribution is 7.92. The molecule has 0 aromatic heterocycles. The number of benzene rings is 2. The molecule has 8 heteroatoms. The molecule has 2 aromatic carbocycles. The number of aryl methyl sites for hydroxylation is 1. The lowest BCUT2D eigenvalue weighted by molar-refractivity contribution is -0.134. The van der Waals surface area contributed by atoms with E-state index in [0.29, 0.717) is 16.7 Å². The molecule has 1 atom stereocenters. The number of hydrogen-bond acceptors (Lipinski definition) is 4. The van der Waals surface area contributed by atoms with Gasteiger partial charge < -0.3 is 9.66 Å². The van der Waals surface area contributed by atoms with Crippen LogP contribution >= 0.6 is 0 Å². The van der Waals surface area contributed by atoms with E-state index in [1.165, 1.54) is 18.2 Å². The molecular weight excluding hydrogens is 340 g/mol. The summed E-state index contributed by atoms with van der Waals surface area (Å²) in [5.41, 5.74) is 1.70. The minimum atomic E-state index is -3.93. The molecule has 1 unspecified atom stereocenters. The van der Waals surface area contributed by atoms with Crippen LogP contribution in [0.25, 0.3) is 11.1 Å². The zero-order valence-electron chi connectivity index (χ0n) is 12.1. The van der Waals surface area contributed by atoms with Crippen LogP contribution in [0.4, 0.5) is 0 Å². The minimum absolute atomic E-state index is 0.0350. The molecule has 2 rings (SSSR count). The van der Waals surface area contributed by atoms with Gasteiger partial charge >= 0.3 is 5.97 Å². The molecule has 122 valence electrons. The van der Waals surface area contributed by atoms with Gasteiger partial charge in [0.15, 0.2) is 26.7 Å². The highest BCUT2D eigenvalue weighted by Gasteiger charge is 2.21. The van der Waals surface area contributed by atoms with Crippen LogP contribution in [0.3, 0.4) is 0 Å². The van der Waals surface area contributed by atoms with Crippen LogP contribution in [0, 0.1) is 6.92 Å². The van der Waals surface area contributed by atoms with Crippen molar-refractivity contribution < 1.29 is 27.1 Å². The molecule has 0 fully saturated rings. The lowest BCUT2D eigenvalue weighted by Crippen LogP contribution is -2.16. The maximum atomic E-state index is 12.1. The molecule has 0 bridgehead atoms. The molecule has 0 aliphatic carbocycles. The zero-order chi connectivity index (χ0) is 17.2. The van der Waals surface area contributed by atoms with Crippen LogP contribution < -0.4 is 0 Å². The average molecular weight is 354 g/mol. The van der Waals surface area contributed by atoms with Crippen LogP contribution in [0.15, 0.2) is 52.3 Å². The van der Waals surface area contributed by atoms with Gasteiger partial charge in [-0.3, -0.25) is 4.79 Å². The lowest BCUT2D eigenvalue weighted by Gasteiger charge is -2.09. The molecule has 6 nitrogen and oxygen atoms in total. The Morgan fingerprint density at radius 1 is 1.09 bits per heavy atom. The molecule has 2 aromatic rings. The number of hydrogen-bond donors (Lipinski definition) is 2. The first-order chi connectivity index (χ1) is 10.7. The van der Waals surface area contributed by atoms with Crippen LogP contribution in [-0.4, -0.2) is 34.0 Å². The number of carbonyl (C=O) groups is 1. The summed E-state index contributed by atoms with van der Waals surface area (Å²) < 4.78 is 44.2. The fourth-order valence-electron chi connectivity index (χ4n) is 2.12. The summed E-state index contributed by atoms with van der Waals surface area (Å²) in [4.78, 5) is 10.9.